The summed E-state index contributed by atoms with van der Waals surface area (Å²) in [6.07, 6.45) is 0. The highest BCUT2D eigenvalue weighted by Gasteiger charge is 2.42. The Morgan fingerprint density at radius 2 is 2.16 bits per heavy atom. The average Bonchev–Trinajstić information content (AvgIpc) is 2.35. The van der Waals surface area contributed by atoms with Crippen LogP contribution in [0.2, 0.25) is 0 Å². The monoisotopic (exact) mass is 265 g/mol. The molecule has 1 amide bonds. The van der Waals surface area contributed by atoms with Crippen molar-refractivity contribution in [2.24, 2.45) is 5.73 Å². The number of amides is 1. The Balaban J connectivity index is 2.38. The van der Waals surface area contributed by atoms with E-state index in [4.69, 9.17) is 5.73 Å². The van der Waals surface area contributed by atoms with E-state index in [1.54, 1.807) is 17.0 Å². The van der Waals surface area contributed by atoms with Crippen LogP contribution in [0.4, 0.5) is 10.1 Å². The Hall–Kier alpha value is -1.46. The van der Waals surface area contributed by atoms with E-state index in [2.05, 4.69) is 0 Å². The number of hydrogen-bond acceptors (Lipinski definition) is 3. The van der Waals surface area contributed by atoms with Gasteiger partial charge >= 0.3 is 0 Å². The lowest BCUT2D eigenvalue weighted by Gasteiger charge is -2.49. The van der Waals surface area contributed by atoms with Gasteiger partial charge in [0.05, 0.1) is 0 Å². The summed E-state index contributed by atoms with van der Waals surface area (Å²) < 4.78 is 13.3. The van der Waals surface area contributed by atoms with Crippen LogP contribution in [-0.2, 0) is 4.79 Å². The van der Waals surface area contributed by atoms with Gasteiger partial charge in [0, 0.05) is 24.3 Å². The largest absolute Gasteiger partial charge is 0.328 e. The van der Waals surface area contributed by atoms with Crippen LogP contribution in [0, 0.1) is 5.82 Å². The highest BCUT2D eigenvalue weighted by Crippen LogP contribution is 2.28. The van der Waals surface area contributed by atoms with Crippen molar-refractivity contribution >= 4 is 11.6 Å². The van der Waals surface area contributed by atoms with Crippen LogP contribution in [0.1, 0.15) is 13.8 Å². The topological polar surface area (TPSA) is 49.6 Å². The molecule has 0 bridgehead atoms. The minimum Gasteiger partial charge on any atom is -0.328 e. The first-order chi connectivity index (χ1) is 8.86. The number of rotatable bonds is 2. The first-order valence-electron chi connectivity index (χ1n) is 6.37. The summed E-state index contributed by atoms with van der Waals surface area (Å²) in [5.74, 6) is -0.416. The second kappa shape index (κ2) is 4.90. The number of likely N-dealkylation sites (N-methyl/N-ethyl adjacent to an activating group) is 1. The van der Waals surface area contributed by atoms with Crippen LogP contribution < -0.4 is 10.6 Å². The van der Waals surface area contributed by atoms with Gasteiger partial charge in [-0.05, 0) is 39.1 Å². The minimum atomic E-state index is -0.369. The quantitative estimate of drug-likeness (QED) is 0.874. The fourth-order valence-corrected chi connectivity index (χ4v) is 2.47. The molecule has 1 heterocycles. The number of piperazine rings is 1. The zero-order valence-corrected chi connectivity index (χ0v) is 11.6. The van der Waals surface area contributed by atoms with Crippen molar-refractivity contribution in [1.29, 1.82) is 0 Å². The van der Waals surface area contributed by atoms with Crippen LogP contribution in [0.15, 0.2) is 24.3 Å². The highest BCUT2D eigenvalue weighted by molar-refractivity contribution is 5.98. The third kappa shape index (κ3) is 2.48. The van der Waals surface area contributed by atoms with E-state index in [0.29, 0.717) is 12.2 Å². The van der Waals surface area contributed by atoms with Crippen molar-refractivity contribution in [3.63, 3.8) is 0 Å². The maximum atomic E-state index is 13.3. The van der Waals surface area contributed by atoms with Gasteiger partial charge in [-0.3, -0.25) is 9.69 Å². The standard InChI is InChI=1S/C14H20FN3O/c1-14(2)9-18(11-6-4-5-10(15)7-11)13(19)12(8-16)17(14)3/h4-7,12H,8-9,16H2,1-3H3. The van der Waals surface area contributed by atoms with Crippen LogP contribution in [0.5, 0.6) is 0 Å². The number of halogens is 1. The fourth-order valence-electron chi connectivity index (χ4n) is 2.47. The molecule has 1 aromatic carbocycles. The molecule has 1 aliphatic heterocycles. The lowest BCUT2D eigenvalue weighted by molar-refractivity contribution is -0.128. The Morgan fingerprint density at radius 1 is 1.47 bits per heavy atom. The molecule has 2 rings (SSSR count). The molecule has 0 radical (unpaired) electrons. The lowest BCUT2D eigenvalue weighted by atomic mass is 9.94. The van der Waals surface area contributed by atoms with Gasteiger partial charge in [0.1, 0.15) is 11.9 Å². The zero-order valence-electron chi connectivity index (χ0n) is 11.6. The van der Waals surface area contributed by atoms with Gasteiger partial charge in [-0.1, -0.05) is 6.07 Å². The summed E-state index contributed by atoms with van der Waals surface area (Å²) in [6.45, 7) is 4.87. The number of benzene rings is 1. The lowest BCUT2D eigenvalue weighted by Crippen LogP contribution is -2.67. The van der Waals surface area contributed by atoms with E-state index in [0.717, 1.165) is 0 Å². The molecule has 19 heavy (non-hydrogen) atoms. The van der Waals surface area contributed by atoms with E-state index in [9.17, 15) is 9.18 Å². The molecule has 1 aromatic rings. The summed E-state index contributed by atoms with van der Waals surface area (Å²) in [6, 6.07) is 5.74. The van der Waals surface area contributed by atoms with E-state index in [1.807, 2.05) is 25.8 Å². The maximum absolute atomic E-state index is 13.3. The highest BCUT2D eigenvalue weighted by atomic mass is 19.1. The molecule has 1 fully saturated rings. The van der Waals surface area contributed by atoms with Crippen LogP contribution in [0.25, 0.3) is 0 Å². The molecule has 0 saturated carbocycles. The fraction of sp³-hybridized carbons (Fsp3) is 0.500. The van der Waals surface area contributed by atoms with Crippen molar-refractivity contribution in [3.8, 4) is 0 Å². The molecule has 0 aromatic heterocycles. The molecule has 2 N–H and O–H groups in total. The smallest absolute Gasteiger partial charge is 0.245 e. The van der Waals surface area contributed by atoms with Crippen molar-refractivity contribution in [2.75, 3.05) is 25.0 Å². The van der Waals surface area contributed by atoms with Crippen molar-refractivity contribution in [3.05, 3.63) is 30.1 Å². The first-order valence-corrected chi connectivity index (χ1v) is 6.37. The minimum absolute atomic E-state index is 0.0741. The Labute approximate surface area is 113 Å². The maximum Gasteiger partial charge on any atom is 0.245 e. The third-order valence-electron chi connectivity index (χ3n) is 3.86. The van der Waals surface area contributed by atoms with Gasteiger partial charge in [0.15, 0.2) is 0 Å². The summed E-state index contributed by atoms with van der Waals surface area (Å²) in [7, 11) is 1.90. The normalized spacial score (nSPS) is 23.7. The molecular weight excluding hydrogens is 245 g/mol. The number of carbonyl (C=O) groups excluding carboxylic acids is 1. The first kappa shape index (κ1) is 14.0. The van der Waals surface area contributed by atoms with Crippen LogP contribution >= 0.6 is 0 Å². The predicted molar refractivity (Wildman–Crippen MR) is 73.4 cm³/mol. The molecule has 1 aliphatic rings. The van der Waals surface area contributed by atoms with Crippen LogP contribution in [0.3, 0.4) is 0 Å². The van der Waals surface area contributed by atoms with Gasteiger partial charge in [-0.25, -0.2) is 4.39 Å². The molecule has 4 nitrogen and oxygen atoms in total. The summed E-state index contributed by atoms with van der Waals surface area (Å²) in [4.78, 5) is 16.1. The molecule has 0 spiro atoms. The molecule has 5 heteroatoms. The second-order valence-electron chi connectivity index (χ2n) is 5.58. The molecule has 1 atom stereocenters. The zero-order chi connectivity index (χ0) is 14.2. The van der Waals surface area contributed by atoms with E-state index in [1.165, 1.54) is 12.1 Å². The molecular formula is C14H20FN3O. The van der Waals surface area contributed by atoms with Gasteiger partial charge in [-0.2, -0.15) is 0 Å². The van der Waals surface area contributed by atoms with Crippen molar-refractivity contribution in [1.82, 2.24) is 4.90 Å². The summed E-state index contributed by atoms with van der Waals surface area (Å²) in [5.41, 5.74) is 6.10. The van der Waals surface area contributed by atoms with E-state index >= 15 is 0 Å². The molecule has 1 unspecified atom stereocenters. The SMILES string of the molecule is CN1C(CN)C(=O)N(c2cccc(F)c2)CC1(C)C. The Bertz CT molecular complexity index is 489. The number of carbonyl (C=O) groups is 1. The molecule has 1 saturated heterocycles. The van der Waals surface area contributed by atoms with E-state index in [-0.39, 0.29) is 29.8 Å². The van der Waals surface area contributed by atoms with Gasteiger partial charge in [0.2, 0.25) is 5.91 Å². The molecule has 0 aliphatic carbocycles. The second-order valence-corrected chi connectivity index (χ2v) is 5.58. The van der Waals surface area contributed by atoms with Gasteiger partial charge < -0.3 is 10.6 Å². The van der Waals surface area contributed by atoms with Crippen LogP contribution in [-0.4, -0.2) is 42.5 Å². The number of nitrogens with zero attached hydrogens (tertiary/aromatic N) is 2. The van der Waals surface area contributed by atoms with Gasteiger partial charge in [-0.15, -0.1) is 0 Å². The average molecular weight is 265 g/mol. The predicted octanol–water partition coefficient (Wildman–Crippen LogP) is 1.21. The Morgan fingerprint density at radius 3 is 2.74 bits per heavy atom. The summed E-state index contributed by atoms with van der Waals surface area (Å²) >= 11 is 0. The van der Waals surface area contributed by atoms with Crippen molar-refractivity contribution < 1.29 is 9.18 Å². The Kier molecular flexibility index (Phi) is 3.60. The number of anilines is 1. The summed E-state index contributed by atoms with van der Waals surface area (Å²) in [5, 5.41) is 0. The van der Waals surface area contributed by atoms with E-state index < -0.39 is 0 Å². The number of nitrogens with two attached hydrogens (primary N) is 1. The third-order valence-corrected chi connectivity index (χ3v) is 3.86. The van der Waals surface area contributed by atoms with Gasteiger partial charge in [0.25, 0.3) is 0 Å². The molecule has 104 valence electrons. The number of hydrogen-bond donors (Lipinski definition) is 1. The van der Waals surface area contributed by atoms with Crippen molar-refractivity contribution in [2.45, 2.75) is 25.4 Å².